The molecule has 0 bridgehead atoms. The summed E-state index contributed by atoms with van der Waals surface area (Å²) in [4.78, 5) is 10.6. The lowest BCUT2D eigenvalue weighted by Crippen LogP contribution is -2.19. The molecule has 0 amide bonds. The maximum absolute atomic E-state index is 12.6. The standard InChI is InChI=1S/C10H10F2O3/c1-10(11,12)15-8-5-3-4-7(6-13)9(8)14-2/h3-6H,1-2H3. The van der Waals surface area contributed by atoms with Gasteiger partial charge in [-0.2, -0.15) is 8.78 Å². The van der Waals surface area contributed by atoms with Crippen molar-refractivity contribution in [3.63, 3.8) is 0 Å². The van der Waals surface area contributed by atoms with Crippen LogP contribution in [0.2, 0.25) is 0 Å². The fourth-order valence-corrected chi connectivity index (χ4v) is 1.12. The number of para-hydroxylation sites is 1. The van der Waals surface area contributed by atoms with Crippen molar-refractivity contribution in [2.45, 2.75) is 13.0 Å². The largest absolute Gasteiger partial charge is 0.492 e. The first-order chi connectivity index (χ1) is 6.98. The van der Waals surface area contributed by atoms with E-state index in [1.54, 1.807) is 0 Å². The number of rotatable bonds is 4. The maximum Gasteiger partial charge on any atom is 0.395 e. The lowest BCUT2D eigenvalue weighted by atomic mass is 10.2. The molecule has 0 aliphatic rings. The Labute approximate surface area is 85.6 Å². The molecule has 0 N–H and O–H groups in total. The second-order valence-electron chi connectivity index (χ2n) is 2.91. The molecule has 5 heteroatoms. The molecule has 1 aromatic rings. The van der Waals surface area contributed by atoms with Crippen LogP contribution in [0.1, 0.15) is 17.3 Å². The maximum atomic E-state index is 12.6. The minimum atomic E-state index is -3.31. The van der Waals surface area contributed by atoms with E-state index < -0.39 is 6.11 Å². The molecule has 82 valence electrons. The van der Waals surface area contributed by atoms with E-state index in [2.05, 4.69) is 4.74 Å². The van der Waals surface area contributed by atoms with Crippen LogP contribution >= 0.6 is 0 Å². The molecule has 0 unspecified atom stereocenters. The number of halogens is 2. The van der Waals surface area contributed by atoms with Crippen LogP contribution in [0.15, 0.2) is 18.2 Å². The number of aldehydes is 1. The van der Waals surface area contributed by atoms with Crippen molar-refractivity contribution >= 4 is 6.29 Å². The summed E-state index contributed by atoms with van der Waals surface area (Å²) < 4.78 is 34.4. The highest BCUT2D eigenvalue weighted by molar-refractivity contribution is 5.81. The Morgan fingerprint density at radius 1 is 1.40 bits per heavy atom. The number of methoxy groups -OCH3 is 1. The van der Waals surface area contributed by atoms with E-state index in [0.717, 1.165) is 0 Å². The van der Waals surface area contributed by atoms with Crippen LogP contribution in [0.5, 0.6) is 11.5 Å². The van der Waals surface area contributed by atoms with Crippen molar-refractivity contribution in [1.29, 1.82) is 0 Å². The van der Waals surface area contributed by atoms with Crippen molar-refractivity contribution in [1.82, 2.24) is 0 Å². The van der Waals surface area contributed by atoms with Gasteiger partial charge in [0.15, 0.2) is 17.8 Å². The molecule has 1 aromatic carbocycles. The molecule has 0 heterocycles. The van der Waals surface area contributed by atoms with Gasteiger partial charge >= 0.3 is 6.11 Å². The van der Waals surface area contributed by atoms with E-state index in [0.29, 0.717) is 13.2 Å². The molecular weight excluding hydrogens is 206 g/mol. The van der Waals surface area contributed by atoms with Crippen molar-refractivity contribution < 1.29 is 23.0 Å². The molecule has 0 atom stereocenters. The average molecular weight is 216 g/mol. The Balaban J connectivity index is 3.12. The van der Waals surface area contributed by atoms with Crippen molar-refractivity contribution in [2.75, 3.05) is 7.11 Å². The normalized spacial score (nSPS) is 10.9. The zero-order valence-electron chi connectivity index (χ0n) is 8.29. The van der Waals surface area contributed by atoms with Crippen LogP contribution in [-0.4, -0.2) is 19.5 Å². The van der Waals surface area contributed by atoms with Gasteiger partial charge in [-0.25, -0.2) is 0 Å². The highest BCUT2D eigenvalue weighted by atomic mass is 19.3. The second-order valence-corrected chi connectivity index (χ2v) is 2.91. The predicted molar refractivity (Wildman–Crippen MR) is 49.6 cm³/mol. The van der Waals surface area contributed by atoms with E-state index in [4.69, 9.17) is 4.74 Å². The smallest absolute Gasteiger partial charge is 0.395 e. The second kappa shape index (κ2) is 4.25. The molecule has 1 rings (SSSR count). The van der Waals surface area contributed by atoms with Crippen molar-refractivity contribution in [2.24, 2.45) is 0 Å². The van der Waals surface area contributed by atoms with Crippen LogP contribution in [0.4, 0.5) is 8.78 Å². The van der Waals surface area contributed by atoms with Gasteiger partial charge in [0.05, 0.1) is 12.7 Å². The van der Waals surface area contributed by atoms with Crippen LogP contribution < -0.4 is 9.47 Å². The van der Waals surface area contributed by atoms with Gasteiger partial charge in [-0.3, -0.25) is 4.79 Å². The van der Waals surface area contributed by atoms with E-state index in [1.165, 1.54) is 25.3 Å². The number of hydrogen-bond donors (Lipinski definition) is 0. The van der Waals surface area contributed by atoms with Gasteiger partial charge in [-0.15, -0.1) is 0 Å². The number of benzene rings is 1. The first-order valence-electron chi connectivity index (χ1n) is 4.17. The lowest BCUT2D eigenvalue weighted by molar-refractivity contribution is -0.159. The fraction of sp³-hybridized carbons (Fsp3) is 0.300. The number of ether oxygens (including phenoxy) is 2. The third-order valence-electron chi connectivity index (χ3n) is 1.63. The number of alkyl halides is 2. The van der Waals surface area contributed by atoms with Gasteiger partial charge in [-0.05, 0) is 12.1 Å². The van der Waals surface area contributed by atoms with Crippen LogP contribution in [-0.2, 0) is 0 Å². The molecule has 0 spiro atoms. The molecule has 0 aliphatic carbocycles. The minimum Gasteiger partial charge on any atom is -0.492 e. The molecule has 0 saturated heterocycles. The number of hydrogen-bond acceptors (Lipinski definition) is 3. The third kappa shape index (κ3) is 2.90. The fourth-order valence-electron chi connectivity index (χ4n) is 1.12. The van der Waals surface area contributed by atoms with Gasteiger partial charge in [0, 0.05) is 6.92 Å². The van der Waals surface area contributed by atoms with Gasteiger partial charge in [0.1, 0.15) is 0 Å². The monoisotopic (exact) mass is 216 g/mol. The summed E-state index contributed by atoms with van der Waals surface area (Å²) in [5, 5.41) is 0. The van der Waals surface area contributed by atoms with Gasteiger partial charge in [0.25, 0.3) is 0 Å². The van der Waals surface area contributed by atoms with Crippen LogP contribution in [0.25, 0.3) is 0 Å². The molecule has 0 radical (unpaired) electrons. The topological polar surface area (TPSA) is 35.5 Å². The Bertz CT molecular complexity index is 358. The third-order valence-corrected chi connectivity index (χ3v) is 1.63. The highest BCUT2D eigenvalue weighted by Gasteiger charge is 2.25. The Kier molecular flexibility index (Phi) is 3.24. The Morgan fingerprint density at radius 2 is 2.07 bits per heavy atom. The summed E-state index contributed by atoms with van der Waals surface area (Å²) in [6.07, 6.45) is -2.80. The first-order valence-corrected chi connectivity index (χ1v) is 4.17. The first kappa shape index (κ1) is 11.4. The molecule has 0 fully saturated rings. The summed E-state index contributed by atoms with van der Waals surface area (Å²) in [6.45, 7) is 0.611. The molecular formula is C10H10F2O3. The van der Waals surface area contributed by atoms with Gasteiger partial charge in [-0.1, -0.05) is 6.07 Å². The zero-order chi connectivity index (χ0) is 11.5. The summed E-state index contributed by atoms with van der Waals surface area (Å²) in [7, 11) is 1.28. The van der Waals surface area contributed by atoms with Crippen molar-refractivity contribution in [3.05, 3.63) is 23.8 Å². The lowest BCUT2D eigenvalue weighted by Gasteiger charge is -2.16. The van der Waals surface area contributed by atoms with Gasteiger partial charge in [0.2, 0.25) is 0 Å². The zero-order valence-corrected chi connectivity index (χ0v) is 8.29. The van der Waals surface area contributed by atoms with Crippen LogP contribution in [0, 0.1) is 0 Å². The average Bonchev–Trinajstić information content (AvgIpc) is 2.15. The summed E-state index contributed by atoms with van der Waals surface area (Å²) in [5.74, 6) is -0.149. The predicted octanol–water partition coefficient (Wildman–Crippen LogP) is 2.50. The van der Waals surface area contributed by atoms with E-state index in [-0.39, 0.29) is 17.1 Å². The van der Waals surface area contributed by atoms with E-state index >= 15 is 0 Å². The Hall–Kier alpha value is -1.65. The number of carbonyl (C=O) groups excluding carboxylic acids is 1. The van der Waals surface area contributed by atoms with E-state index in [1.807, 2.05) is 0 Å². The molecule has 0 saturated carbocycles. The Morgan fingerprint density at radius 3 is 2.53 bits per heavy atom. The SMILES string of the molecule is COc1c(C=O)cccc1OC(C)(F)F. The highest BCUT2D eigenvalue weighted by Crippen LogP contribution is 2.33. The minimum absolute atomic E-state index is 0.00836. The molecule has 0 aromatic heterocycles. The van der Waals surface area contributed by atoms with Crippen molar-refractivity contribution in [3.8, 4) is 11.5 Å². The summed E-state index contributed by atoms with van der Waals surface area (Å²) in [5.41, 5.74) is 0.166. The summed E-state index contributed by atoms with van der Waals surface area (Å²) >= 11 is 0. The number of carbonyl (C=O) groups is 1. The quantitative estimate of drug-likeness (QED) is 0.725. The molecule has 3 nitrogen and oxygen atoms in total. The summed E-state index contributed by atoms with van der Waals surface area (Å²) in [6, 6.07) is 4.20. The molecule has 0 aliphatic heterocycles. The van der Waals surface area contributed by atoms with E-state index in [9.17, 15) is 13.6 Å². The molecule has 15 heavy (non-hydrogen) atoms. The van der Waals surface area contributed by atoms with Crippen LogP contribution in [0.3, 0.4) is 0 Å². The van der Waals surface area contributed by atoms with Gasteiger partial charge < -0.3 is 9.47 Å².